The normalized spacial score (nSPS) is 23.2. The highest BCUT2D eigenvalue weighted by Crippen LogP contribution is 2.37. The van der Waals surface area contributed by atoms with Crippen LogP contribution in [0.4, 0.5) is 0 Å². The van der Waals surface area contributed by atoms with Crippen LogP contribution in [0.1, 0.15) is 39.0 Å². The molecule has 0 spiro atoms. The fourth-order valence-corrected chi connectivity index (χ4v) is 1.35. The van der Waals surface area contributed by atoms with Gasteiger partial charge in [0.15, 0.2) is 0 Å². The first-order valence-corrected chi connectivity index (χ1v) is 4.52. The largest absolute Gasteiger partial charge is 0.381 e. The maximum Gasteiger partial charge on any atom is 0.0569 e. The molecule has 1 atom stereocenters. The molecule has 0 aliphatic heterocycles. The fraction of sp³-hybridized carbons (Fsp3) is 1.00. The standard InChI is InChI=1S/C9H19NO/c1-3-8(11-2)4-5-9(10)6-7-9/h8H,3-7,10H2,1-2H3. The van der Waals surface area contributed by atoms with Crippen molar-refractivity contribution < 1.29 is 4.74 Å². The topological polar surface area (TPSA) is 35.2 Å². The average molecular weight is 157 g/mol. The first-order chi connectivity index (χ1) is 5.20. The van der Waals surface area contributed by atoms with E-state index in [2.05, 4.69) is 6.92 Å². The van der Waals surface area contributed by atoms with Crippen molar-refractivity contribution in [2.75, 3.05) is 7.11 Å². The van der Waals surface area contributed by atoms with E-state index in [9.17, 15) is 0 Å². The van der Waals surface area contributed by atoms with E-state index in [4.69, 9.17) is 10.5 Å². The van der Waals surface area contributed by atoms with Gasteiger partial charge >= 0.3 is 0 Å². The molecule has 2 N–H and O–H groups in total. The van der Waals surface area contributed by atoms with E-state index in [1.807, 2.05) is 0 Å². The summed E-state index contributed by atoms with van der Waals surface area (Å²) in [7, 11) is 1.78. The molecule has 11 heavy (non-hydrogen) atoms. The molecule has 0 radical (unpaired) electrons. The van der Waals surface area contributed by atoms with E-state index < -0.39 is 0 Å². The Hall–Kier alpha value is -0.0800. The van der Waals surface area contributed by atoms with Gasteiger partial charge in [0.05, 0.1) is 6.10 Å². The van der Waals surface area contributed by atoms with Crippen LogP contribution in [-0.4, -0.2) is 18.8 Å². The molecule has 1 aliphatic carbocycles. The van der Waals surface area contributed by atoms with Crippen molar-refractivity contribution in [3.8, 4) is 0 Å². The predicted molar refractivity (Wildman–Crippen MR) is 46.5 cm³/mol. The number of ether oxygens (including phenoxy) is 1. The average Bonchev–Trinajstić information content (AvgIpc) is 2.71. The van der Waals surface area contributed by atoms with Crippen LogP contribution in [0.25, 0.3) is 0 Å². The minimum atomic E-state index is 0.200. The van der Waals surface area contributed by atoms with Crippen molar-refractivity contribution in [2.45, 2.75) is 50.7 Å². The van der Waals surface area contributed by atoms with Crippen molar-refractivity contribution in [3.63, 3.8) is 0 Å². The molecule has 0 heterocycles. The Morgan fingerprint density at radius 1 is 1.55 bits per heavy atom. The minimum Gasteiger partial charge on any atom is -0.381 e. The molecule has 0 amide bonds. The van der Waals surface area contributed by atoms with Gasteiger partial charge in [-0.3, -0.25) is 0 Å². The lowest BCUT2D eigenvalue weighted by molar-refractivity contribution is 0.0879. The maximum absolute atomic E-state index is 5.95. The smallest absolute Gasteiger partial charge is 0.0569 e. The highest BCUT2D eigenvalue weighted by molar-refractivity contribution is 4.98. The highest BCUT2D eigenvalue weighted by Gasteiger charge is 2.37. The second-order valence-electron chi connectivity index (χ2n) is 3.67. The molecule has 2 heteroatoms. The van der Waals surface area contributed by atoms with E-state index in [1.165, 1.54) is 12.8 Å². The molecule has 0 saturated heterocycles. The summed E-state index contributed by atoms with van der Waals surface area (Å²) in [5.74, 6) is 0. The Kier molecular flexibility index (Phi) is 2.90. The lowest BCUT2D eigenvalue weighted by atomic mass is 10.1. The lowest BCUT2D eigenvalue weighted by Crippen LogP contribution is -2.24. The molecule has 0 aromatic heterocycles. The summed E-state index contributed by atoms with van der Waals surface area (Å²) in [6, 6.07) is 0. The van der Waals surface area contributed by atoms with Crippen LogP contribution >= 0.6 is 0 Å². The van der Waals surface area contributed by atoms with Crippen LogP contribution in [0.2, 0.25) is 0 Å². The molecule has 0 bridgehead atoms. The first kappa shape index (κ1) is 9.01. The summed E-state index contributed by atoms with van der Waals surface area (Å²) >= 11 is 0. The van der Waals surface area contributed by atoms with Crippen LogP contribution in [-0.2, 0) is 4.74 Å². The highest BCUT2D eigenvalue weighted by atomic mass is 16.5. The van der Waals surface area contributed by atoms with Crippen LogP contribution in [0.3, 0.4) is 0 Å². The van der Waals surface area contributed by atoms with Crippen LogP contribution in [0.5, 0.6) is 0 Å². The molecule has 0 aromatic carbocycles. The van der Waals surface area contributed by atoms with Crippen molar-refractivity contribution in [1.82, 2.24) is 0 Å². The van der Waals surface area contributed by atoms with Gasteiger partial charge in [-0.05, 0) is 32.1 Å². The molecule has 1 unspecified atom stereocenters. The van der Waals surface area contributed by atoms with Gasteiger partial charge < -0.3 is 10.5 Å². The Balaban J connectivity index is 2.09. The molecule has 66 valence electrons. The van der Waals surface area contributed by atoms with Crippen molar-refractivity contribution in [1.29, 1.82) is 0 Å². The van der Waals surface area contributed by atoms with Crippen molar-refractivity contribution in [3.05, 3.63) is 0 Å². The van der Waals surface area contributed by atoms with Gasteiger partial charge in [0.1, 0.15) is 0 Å². The van der Waals surface area contributed by atoms with E-state index in [0.717, 1.165) is 19.3 Å². The number of hydrogen-bond donors (Lipinski definition) is 1. The second-order valence-corrected chi connectivity index (χ2v) is 3.67. The molecule has 1 fully saturated rings. The number of methoxy groups -OCH3 is 1. The summed E-state index contributed by atoms with van der Waals surface area (Å²) in [5.41, 5.74) is 6.15. The molecule has 0 aromatic rings. The van der Waals surface area contributed by atoms with Gasteiger partial charge in [0, 0.05) is 12.6 Å². The Bertz CT molecular complexity index is 117. The first-order valence-electron chi connectivity index (χ1n) is 4.52. The lowest BCUT2D eigenvalue weighted by Gasteiger charge is -2.15. The zero-order valence-electron chi connectivity index (χ0n) is 7.60. The van der Waals surface area contributed by atoms with E-state index in [-0.39, 0.29) is 5.54 Å². The summed E-state index contributed by atoms with van der Waals surface area (Å²) in [4.78, 5) is 0. The van der Waals surface area contributed by atoms with Crippen molar-refractivity contribution in [2.24, 2.45) is 5.73 Å². The third-order valence-corrected chi connectivity index (χ3v) is 2.65. The maximum atomic E-state index is 5.95. The third-order valence-electron chi connectivity index (χ3n) is 2.65. The summed E-state index contributed by atoms with van der Waals surface area (Å²) < 4.78 is 5.27. The van der Waals surface area contributed by atoms with Crippen LogP contribution in [0.15, 0.2) is 0 Å². The van der Waals surface area contributed by atoms with E-state index >= 15 is 0 Å². The van der Waals surface area contributed by atoms with Gasteiger partial charge in [0.25, 0.3) is 0 Å². The minimum absolute atomic E-state index is 0.200. The zero-order chi connectivity index (χ0) is 8.32. The van der Waals surface area contributed by atoms with Gasteiger partial charge in [0.2, 0.25) is 0 Å². The van der Waals surface area contributed by atoms with Crippen molar-refractivity contribution >= 4 is 0 Å². The Morgan fingerprint density at radius 3 is 2.55 bits per heavy atom. The van der Waals surface area contributed by atoms with Gasteiger partial charge in [-0.1, -0.05) is 6.92 Å². The molecule has 2 nitrogen and oxygen atoms in total. The van der Waals surface area contributed by atoms with E-state index in [0.29, 0.717) is 6.10 Å². The molecule has 1 aliphatic rings. The second kappa shape index (κ2) is 3.55. The summed E-state index contributed by atoms with van der Waals surface area (Å²) in [5, 5.41) is 0. The molecule has 1 rings (SSSR count). The van der Waals surface area contributed by atoms with Gasteiger partial charge in [-0.15, -0.1) is 0 Å². The number of hydrogen-bond acceptors (Lipinski definition) is 2. The quantitative estimate of drug-likeness (QED) is 0.659. The summed E-state index contributed by atoms with van der Waals surface area (Å²) in [6.45, 7) is 2.16. The number of nitrogens with two attached hydrogens (primary N) is 1. The van der Waals surface area contributed by atoms with Crippen LogP contribution in [0, 0.1) is 0 Å². The van der Waals surface area contributed by atoms with Gasteiger partial charge in [-0.2, -0.15) is 0 Å². The van der Waals surface area contributed by atoms with Gasteiger partial charge in [-0.25, -0.2) is 0 Å². The molecular formula is C9H19NO. The molecule has 1 saturated carbocycles. The third kappa shape index (κ3) is 2.80. The SMILES string of the molecule is CCC(CCC1(N)CC1)OC. The molecular weight excluding hydrogens is 138 g/mol. The fourth-order valence-electron chi connectivity index (χ4n) is 1.35. The van der Waals surface area contributed by atoms with E-state index in [1.54, 1.807) is 7.11 Å². The number of rotatable bonds is 5. The van der Waals surface area contributed by atoms with Crippen LogP contribution < -0.4 is 5.73 Å². The Labute approximate surface area is 69.1 Å². The predicted octanol–water partition coefficient (Wildman–Crippen LogP) is 1.68. The zero-order valence-corrected chi connectivity index (χ0v) is 7.60. The monoisotopic (exact) mass is 157 g/mol. The summed E-state index contributed by atoms with van der Waals surface area (Å²) in [6.07, 6.45) is 6.23. The Morgan fingerprint density at radius 2 is 2.18 bits per heavy atom.